The van der Waals surface area contributed by atoms with Crippen molar-refractivity contribution in [3.05, 3.63) is 52.8 Å². The summed E-state index contributed by atoms with van der Waals surface area (Å²) in [6, 6.07) is 9.38. The zero-order valence-corrected chi connectivity index (χ0v) is 12.0. The Morgan fingerprint density at radius 1 is 1.14 bits per heavy atom. The van der Waals surface area contributed by atoms with Gasteiger partial charge in [-0.3, -0.25) is 4.79 Å². The predicted octanol–water partition coefficient (Wildman–Crippen LogP) is 2.50. The van der Waals surface area contributed by atoms with Crippen molar-refractivity contribution in [3.63, 3.8) is 0 Å². The van der Waals surface area contributed by atoms with Gasteiger partial charge in [-0.25, -0.2) is 0 Å². The summed E-state index contributed by atoms with van der Waals surface area (Å²) in [5.74, 6) is -0.0666. The van der Waals surface area contributed by atoms with Gasteiger partial charge in [0.1, 0.15) is 0 Å². The zero-order valence-electron chi connectivity index (χ0n) is 12.0. The normalized spacial score (nSPS) is 17.1. The molecule has 1 aliphatic carbocycles. The highest BCUT2D eigenvalue weighted by Gasteiger charge is 2.45. The minimum Gasteiger partial charge on any atom is -0.457 e. The lowest BCUT2D eigenvalue weighted by Crippen LogP contribution is -2.43. The molecule has 0 amide bonds. The van der Waals surface area contributed by atoms with Crippen molar-refractivity contribution in [2.75, 3.05) is 0 Å². The molecule has 0 unspecified atom stereocenters. The quantitative estimate of drug-likeness (QED) is 0.816. The third-order valence-corrected chi connectivity index (χ3v) is 4.54. The maximum atomic E-state index is 12.8. The first-order valence-corrected chi connectivity index (χ1v) is 7.39. The first-order valence-electron chi connectivity index (χ1n) is 7.39. The molecule has 1 aliphatic heterocycles. The second-order valence-electron chi connectivity index (χ2n) is 5.71. The smallest absolute Gasteiger partial charge is 0.409 e. The van der Waals surface area contributed by atoms with E-state index in [9.17, 15) is 9.90 Å². The van der Waals surface area contributed by atoms with Gasteiger partial charge in [0.25, 0.3) is 0 Å². The highest BCUT2D eigenvalue weighted by atomic mass is 16.3. The van der Waals surface area contributed by atoms with E-state index in [-0.39, 0.29) is 11.8 Å². The van der Waals surface area contributed by atoms with Crippen LogP contribution in [-0.2, 0) is 12.8 Å². The van der Waals surface area contributed by atoms with Gasteiger partial charge in [0.05, 0.1) is 5.69 Å². The second kappa shape index (κ2) is 4.32. The van der Waals surface area contributed by atoms with Crippen LogP contribution in [0, 0.1) is 6.92 Å². The summed E-state index contributed by atoms with van der Waals surface area (Å²) in [6.45, 7) is 1.97. The number of carbonyl (C=O) groups excluding carboxylic acids is 1. The molecule has 0 spiro atoms. The Morgan fingerprint density at radius 2 is 1.86 bits per heavy atom. The van der Waals surface area contributed by atoms with E-state index in [4.69, 9.17) is 0 Å². The molecular formula is C17H17N2O2+. The lowest BCUT2D eigenvalue weighted by molar-refractivity contribution is -0.677. The van der Waals surface area contributed by atoms with Crippen LogP contribution >= 0.6 is 0 Å². The number of aromatic nitrogens is 2. The van der Waals surface area contributed by atoms with E-state index >= 15 is 0 Å². The van der Waals surface area contributed by atoms with Crippen LogP contribution < -0.4 is 4.68 Å². The number of carbonyl (C=O) groups is 1. The molecule has 2 aromatic rings. The standard InChI is InChI=1S/C17H16N2O2/c1-11-13-9-5-6-10-14(13)19-17(21)15(16(20)18(11)19)12-7-3-2-4-8-12/h2-4,7-8H,5-6,9-10H2,1H3/p+1. The number of hydrogen-bond donors (Lipinski definition) is 1. The second-order valence-corrected chi connectivity index (χ2v) is 5.71. The summed E-state index contributed by atoms with van der Waals surface area (Å²) in [5.41, 5.74) is 4.45. The molecular weight excluding hydrogens is 264 g/mol. The molecule has 21 heavy (non-hydrogen) atoms. The topological polar surface area (TPSA) is 46.1 Å². The molecule has 1 aromatic carbocycles. The molecule has 0 saturated carbocycles. The number of hydrogen-bond acceptors (Lipinski definition) is 2. The van der Waals surface area contributed by atoms with Gasteiger partial charge in [-0.15, -0.1) is 0 Å². The highest BCUT2D eigenvalue weighted by Crippen LogP contribution is 2.30. The number of nitrogens with zero attached hydrogens (tertiary/aromatic N) is 2. The number of allylic oxidation sites excluding steroid dienone is 1. The lowest BCUT2D eigenvalue weighted by Gasteiger charge is -2.06. The molecule has 2 heterocycles. The number of aliphatic hydroxyl groups excluding tert-OH is 1. The van der Waals surface area contributed by atoms with Crippen molar-refractivity contribution in [2.24, 2.45) is 0 Å². The summed E-state index contributed by atoms with van der Waals surface area (Å²) in [6.07, 6.45) is 4.18. The van der Waals surface area contributed by atoms with E-state index in [1.165, 1.54) is 5.56 Å². The Labute approximate surface area is 122 Å². The lowest BCUT2D eigenvalue weighted by atomic mass is 9.95. The van der Waals surface area contributed by atoms with Crippen molar-refractivity contribution < 1.29 is 14.6 Å². The predicted molar refractivity (Wildman–Crippen MR) is 78.8 cm³/mol. The molecule has 0 atom stereocenters. The van der Waals surface area contributed by atoms with Crippen LogP contribution in [0.1, 0.15) is 40.2 Å². The van der Waals surface area contributed by atoms with E-state index in [1.54, 1.807) is 9.36 Å². The van der Waals surface area contributed by atoms with E-state index in [0.29, 0.717) is 5.57 Å². The summed E-state index contributed by atoms with van der Waals surface area (Å²) >= 11 is 0. The first-order chi connectivity index (χ1) is 10.2. The molecule has 4 heteroatoms. The minimum atomic E-state index is -0.134. The molecule has 0 radical (unpaired) electrons. The van der Waals surface area contributed by atoms with Gasteiger partial charge in [0.15, 0.2) is 5.57 Å². The van der Waals surface area contributed by atoms with Crippen LogP contribution in [0.2, 0.25) is 0 Å². The Bertz CT molecular complexity index is 785. The molecule has 0 bridgehead atoms. The first kappa shape index (κ1) is 12.4. The molecule has 0 saturated heterocycles. The Kier molecular flexibility index (Phi) is 2.55. The Hall–Kier alpha value is -2.36. The van der Waals surface area contributed by atoms with E-state index < -0.39 is 0 Å². The van der Waals surface area contributed by atoms with Gasteiger partial charge < -0.3 is 5.11 Å². The SMILES string of the molecule is Cc1c2c([n+]3n1C(=O)C(c1ccccc1)=C3O)CCCC2. The van der Waals surface area contributed by atoms with Crippen molar-refractivity contribution in [1.82, 2.24) is 4.68 Å². The fraction of sp³-hybridized carbons (Fsp3) is 0.294. The van der Waals surface area contributed by atoms with Crippen LogP contribution in [0.3, 0.4) is 0 Å². The van der Waals surface area contributed by atoms with Crippen LogP contribution in [0.5, 0.6) is 0 Å². The summed E-state index contributed by atoms with van der Waals surface area (Å²) in [5, 5.41) is 10.6. The fourth-order valence-corrected chi connectivity index (χ4v) is 3.54. The summed E-state index contributed by atoms with van der Waals surface area (Å²) in [7, 11) is 0. The molecule has 2 aliphatic rings. The maximum Gasteiger partial charge on any atom is 0.409 e. The largest absolute Gasteiger partial charge is 0.457 e. The number of aliphatic hydroxyl groups is 1. The average molecular weight is 281 g/mol. The average Bonchev–Trinajstić information content (AvgIpc) is 2.95. The van der Waals surface area contributed by atoms with Crippen LogP contribution in [0.25, 0.3) is 11.5 Å². The molecule has 1 N–H and O–H groups in total. The molecule has 1 aromatic heterocycles. The number of fused-ring (bicyclic) bond motifs is 3. The monoisotopic (exact) mass is 281 g/mol. The third kappa shape index (κ3) is 1.56. The molecule has 0 fully saturated rings. The van der Waals surface area contributed by atoms with Gasteiger partial charge in [-0.05, 0) is 36.4 Å². The van der Waals surface area contributed by atoms with Gasteiger partial charge in [-0.2, -0.15) is 0 Å². The summed E-state index contributed by atoms with van der Waals surface area (Å²) < 4.78 is 3.35. The van der Waals surface area contributed by atoms with E-state index in [0.717, 1.165) is 42.6 Å². The molecule has 4 nitrogen and oxygen atoms in total. The van der Waals surface area contributed by atoms with Crippen molar-refractivity contribution in [2.45, 2.75) is 32.6 Å². The van der Waals surface area contributed by atoms with E-state index in [1.807, 2.05) is 37.3 Å². The van der Waals surface area contributed by atoms with Crippen molar-refractivity contribution in [3.8, 4) is 0 Å². The van der Waals surface area contributed by atoms with Crippen LogP contribution in [0.15, 0.2) is 30.3 Å². The van der Waals surface area contributed by atoms with E-state index in [2.05, 4.69) is 0 Å². The zero-order chi connectivity index (χ0) is 14.6. The van der Waals surface area contributed by atoms with Gasteiger partial charge in [0, 0.05) is 12.0 Å². The molecule has 106 valence electrons. The van der Waals surface area contributed by atoms with Gasteiger partial charge >= 0.3 is 11.8 Å². The number of rotatable bonds is 1. The highest BCUT2D eigenvalue weighted by molar-refractivity contribution is 6.25. The van der Waals surface area contributed by atoms with Crippen molar-refractivity contribution >= 4 is 17.4 Å². The summed E-state index contributed by atoms with van der Waals surface area (Å²) in [4.78, 5) is 12.8. The fourth-order valence-electron chi connectivity index (χ4n) is 3.54. The molecule has 4 rings (SSSR count). The maximum absolute atomic E-state index is 12.8. The van der Waals surface area contributed by atoms with Gasteiger partial charge in [-0.1, -0.05) is 35.0 Å². The Morgan fingerprint density at radius 3 is 2.62 bits per heavy atom. The van der Waals surface area contributed by atoms with Gasteiger partial charge in [0.2, 0.25) is 5.69 Å². The van der Waals surface area contributed by atoms with Crippen molar-refractivity contribution in [1.29, 1.82) is 0 Å². The minimum absolute atomic E-state index is 0.0671. The Balaban J connectivity index is 1.97. The number of benzene rings is 1. The van der Waals surface area contributed by atoms with Crippen LogP contribution in [-0.4, -0.2) is 15.7 Å². The third-order valence-electron chi connectivity index (χ3n) is 4.54. The van der Waals surface area contributed by atoms with Crippen LogP contribution in [0.4, 0.5) is 0 Å².